The average molecular weight is 434 g/mol. The van der Waals surface area contributed by atoms with Crippen molar-refractivity contribution in [3.8, 4) is 0 Å². The molecule has 0 bridgehead atoms. The Morgan fingerprint density at radius 1 is 1.13 bits per heavy atom. The second-order valence-electron chi connectivity index (χ2n) is 6.91. The Kier molecular flexibility index (Phi) is 12.3. The summed E-state index contributed by atoms with van der Waals surface area (Å²) in [6.07, 6.45) is 2.98. The zero-order chi connectivity index (χ0) is 23.2. The maximum absolute atomic E-state index is 13.0. The molecule has 1 unspecified atom stereocenters. The number of amides is 3. The SMILES string of the molecule is CC.CNCCCOCCCc1cccc2c1C(=O)N(C(C=O)CCC(=O)NC)C2=O. The van der Waals surface area contributed by atoms with Crippen LogP contribution in [-0.4, -0.2) is 68.8 Å². The molecule has 1 aliphatic heterocycles. The minimum atomic E-state index is -0.956. The molecule has 1 aliphatic rings. The van der Waals surface area contributed by atoms with E-state index in [2.05, 4.69) is 10.6 Å². The first-order valence-electron chi connectivity index (χ1n) is 10.9. The summed E-state index contributed by atoms with van der Waals surface area (Å²) in [5.74, 6) is -1.20. The van der Waals surface area contributed by atoms with Crippen LogP contribution in [0.2, 0.25) is 0 Å². The quantitative estimate of drug-likeness (QED) is 0.280. The second-order valence-corrected chi connectivity index (χ2v) is 6.91. The van der Waals surface area contributed by atoms with E-state index in [0.717, 1.165) is 29.8 Å². The molecule has 31 heavy (non-hydrogen) atoms. The molecule has 8 nitrogen and oxygen atoms in total. The van der Waals surface area contributed by atoms with Crippen molar-refractivity contribution in [2.75, 3.05) is 33.9 Å². The number of imide groups is 1. The fourth-order valence-corrected chi connectivity index (χ4v) is 3.36. The van der Waals surface area contributed by atoms with Gasteiger partial charge < -0.3 is 20.2 Å². The van der Waals surface area contributed by atoms with E-state index >= 15 is 0 Å². The van der Waals surface area contributed by atoms with Crippen molar-refractivity contribution < 1.29 is 23.9 Å². The number of ether oxygens (including phenoxy) is 1. The Bertz CT molecular complexity index is 751. The lowest BCUT2D eigenvalue weighted by Crippen LogP contribution is -2.41. The van der Waals surface area contributed by atoms with Crippen LogP contribution in [0, 0.1) is 0 Å². The highest BCUT2D eigenvalue weighted by atomic mass is 16.5. The Morgan fingerprint density at radius 3 is 2.48 bits per heavy atom. The first kappa shape index (κ1) is 26.5. The van der Waals surface area contributed by atoms with Gasteiger partial charge in [-0.25, -0.2) is 0 Å². The molecule has 0 saturated carbocycles. The summed E-state index contributed by atoms with van der Waals surface area (Å²) in [4.78, 5) is 49.7. The van der Waals surface area contributed by atoms with Gasteiger partial charge in [-0.1, -0.05) is 26.0 Å². The monoisotopic (exact) mass is 433 g/mol. The normalized spacial score (nSPS) is 13.4. The lowest BCUT2D eigenvalue weighted by Gasteiger charge is -2.21. The molecule has 2 rings (SSSR count). The summed E-state index contributed by atoms with van der Waals surface area (Å²) in [6.45, 7) is 6.14. The molecule has 0 saturated heterocycles. The number of hydrogen-bond acceptors (Lipinski definition) is 6. The van der Waals surface area contributed by atoms with E-state index < -0.39 is 17.9 Å². The lowest BCUT2D eigenvalue weighted by molar-refractivity contribution is -0.121. The van der Waals surface area contributed by atoms with Gasteiger partial charge in [-0.2, -0.15) is 0 Å². The third-order valence-electron chi connectivity index (χ3n) is 4.92. The Labute approximate surface area is 184 Å². The van der Waals surface area contributed by atoms with Gasteiger partial charge in [0, 0.05) is 26.7 Å². The summed E-state index contributed by atoms with van der Waals surface area (Å²) >= 11 is 0. The number of hydrogen-bond donors (Lipinski definition) is 2. The average Bonchev–Trinajstić information content (AvgIpc) is 3.06. The number of rotatable bonds is 13. The molecule has 172 valence electrons. The Morgan fingerprint density at radius 2 is 1.84 bits per heavy atom. The van der Waals surface area contributed by atoms with Crippen molar-refractivity contribution in [1.82, 2.24) is 15.5 Å². The van der Waals surface area contributed by atoms with Crippen molar-refractivity contribution >= 4 is 24.0 Å². The van der Waals surface area contributed by atoms with Crippen molar-refractivity contribution in [2.45, 2.75) is 52.0 Å². The van der Waals surface area contributed by atoms with E-state index in [1.54, 1.807) is 12.1 Å². The lowest BCUT2D eigenvalue weighted by atomic mass is 9.99. The maximum Gasteiger partial charge on any atom is 0.262 e. The van der Waals surface area contributed by atoms with Gasteiger partial charge >= 0.3 is 0 Å². The smallest absolute Gasteiger partial charge is 0.262 e. The van der Waals surface area contributed by atoms with Gasteiger partial charge in [0.2, 0.25) is 5.91 Å². The molecule has 3 amide bonds. The van der Waals surface area contributed by atoms with Crippen molar-refractivity contribution in [2.24, 2.45) is 0 Å². The number of carbonyl (C=O) groups excluding carboxylic acids is 4. The zero-order valence-corrected chi connectivity index (χ0v) is 19.0. The number of aryl methyl sites for hydroxylation is 1. The first-order chi connectivity index (χ1) is 15.0. The van der Waals surface area contributed by atoms with Gasteiger partial charge in [0.15, 0.2) is 0 Å². The predicted molar refractivity (Wildman–Crippen MR) is 119 cm³/mol. The number of nitrogens with one attached hydrogen (secondary N) is 2. The molecular weight excluding hydrogens is 398 g/mol. The number of aldehydes is 1. The van der Waals surface area contributed by atoms with Gasteiger partial charge in [0.25, 0.3) is 11.8 Å². The fourth-order valence-electron chi connectivity index (χ4n) is 3.36. The predicted octanol–water partition coefficient (Wildman–Crippen LogP) is 1.96. The van der Waals surface area contributed by atoms with E-state index in [-0.39, 0.29) is 18.7 Å². The van der Waals surface area contributed by atoms with E-state index in [1.807, 2.05) is 27.0 Å². The highest BCUT2D eigenvalue weighted by molar-refractivity contribution is 6.23. The van der Waals surface area contributed by atoms with Gasteiger partial charge in [-0.3, -0.25) is 19.3 Å². The molecule has 1 atom stereocenters. The molecule has 0 aromatic heterocycles. The third kappa shape index (κ3) is 7.25. The van der Waals surface area contributed by atoms with Crippen LogP contribution in [0.3, 0.4) is 0 Å². The van der Waals surface area contributed by atoms with E-state index in [1.165, 1.54) is 7.05 Å². The zero-order valence-electron chi connectivity index (χ0n) is 19.0. The second kappa shape index (κ2) is 14.4. The summed E-state index contributed by atoms with van der Waals surface area (Å²) in [5.41, 5.74) is 1.45. The molecule has 0 spiro atoms. The van der Waals surface area contributed by atoms with Gasteiger partial charge in [-0.15, -0.1) is 0 Å². The first-order valence-corrected chi connectivity index (χ1v) is 10.9. The maximum atomic E-state index is 13.0. The topological polar surface area (TPSA) is 105 Å². The minimum Gasteiger partial charge on any atom is -0.381 e. The van der Waals surface area contributed by atoms with E-state index in [4.69, 9.17) is 4.74 Å². The summed E-state index contributed by atoms with van der Waals surface area (Å²) in [6, 6.07) is 4.23. The van der Waals surface area contributed by atoms with Crippen LogP contribution in [0.15, 0.2) is 18.2 Å². The molecule has 1 aromatic carbocycles. The van der Waals surface area contributed by atoms with Crippen LogP contribution < -0.4 is 10.6 Å². The molecule has 1 aromatic rings. The molecular formula is C23H35N3O5. The van der Waals surface area contributed by atoms with Crippen molar-refractivity contribution in [1.29, 1.82) is 0 Å². The largest absolute Gasteiger partial charge is 0.381 e. The fraction of sp³-hybridized carbons (Fsp3) is 0.565. The molecule has 2 N–H and O–H groups in total. The van der Waals surface area contributed by atoms with Crippen molar-refractivity contribution in [3.63, 3.8) is 0 Å². The highest BCUT2D eigenvalue weighted by Crippen LogP contribution is 2.29. The number of nitrogens with zero attached hydrogens (tertiary/aromatic N) is 1. The Balaban J connectivity index is 0.00000233. The van der Waals surface area contributed by atoms with Gasteiger partial charge in [-0.05, 0) is 50.9 Å². The van der Waals surface area contributed by atoms with Crippen molar-refractivity contribution in [3.05, 3.63) is 34.9 Å². The summed E-state index contributed by atoms with van der Waals surface area (Å²) < 4.78 is 5.58. The van der Waals surface area contributed by atoms with Crippen LogP contribution >= 0.6 is 0 Å². The number of benzene rings is 1. The molecule has 8 heteroatoms. The molecule has 0 aliphatic carbocycles. The summed E-state index contributed by atoms with van der Waals surface area (Å²) in [5, 5.41) is 5.53. The summed E-state index contributed by atoms with van der Waals surface area (Å²) in [7, 11) is 3.39. The van der Waals surface area contributed by atoms with E-state index in [9.17, 15) is 19.2 Å². The molecule has 0 radical (unpaired) electrons. The van der Waals surface area contributed by atoms with Crippen LogP contribution in [0.25, 0.3) is 0 Å². The van der Waals surface area contributed by atoms with Gasteiger partial charge in [0.05, 0.1) is 17.2 Å². The highest BCUT2D eigenvalue weighted by Gasteiger charge is 2.41. The number of fused-ring (bicyclic) bond motifs is 1. The molecule has 1 heterocycles. The van der Waals surface area contributed by atoms with Crippen LogP contribution in [0.5, 0.6) is 0 Å². The minimum absolute atomic E-state index is 0.0606. The van der Waals surface area contributed by atoms with E-state index in [0.29, 0.717) is 37.0 Å². The van der Waals surface area contributed by atoms with Crippen LogP contribution in [0.4, 0.5) is 0 Å². The molecule has 0 fully saturated rings. The third-order valence-corrected chi connectivity index (χ3v) is 4.92. The van der Waals surface area contributed by atoms with Gasteiger partial charge in [0.1, 0.15) is 6.29 Å². The van der Waals surface area contributed by atoms with Crippen LogP contribution in [-0.2, 0) is 20.7 Å². The number of carbonyl (C=O) groups is 4. The standard InChI is InChI=1S/C21H29N3O5.C2H6/c1-22-11-5-13-29-12-4-7-15-6-3-8-17-19(15)21(28)24(20(17)27)16(14-25)9-10-18(26)23-2;1-2/h3,6,8,14,16,22H,4-5,7,9-13H2,1-2H3,(H,23,26);1-2H3. The van der Waals surface area contributed by atoms with Crippen LogP contribution in [0.1, 0.15) is 65.8 Å². The Hall–Kier alpha value is -2.58.